The van der Waals surface area contributed by atoms with E-state index in [1.54, 1.807) is 0 Å². The van der Waals surface area contributed by atoms with Gasteiger partial charge >= 0.3 is 17.9 Å². The Morgan fingerprint density at radius 2 is 0.597 bits per heavy atom. The van der Waals surface area contributed by atoms with Gasteiger partial charge in [0.05, 0.1) is 0 Å². The summed E-state index contributed by atoms with van der Waals surface area (Å²) in [4.78, 5) is 38.2. The molecule has 1 unspecified atom stereocenters. The van der Waals surface area contributed by atoms with Gasteiger partial charge < -0.3 is 14.2 Å². The topological polar surface area (TPSA) is 78.9 Å². The van der Waals surface area contributed by atoms with Crippen LogP contribution in [0.5, 0.6) is 0 Å². The van der Waals surface area contributed by atoms with Crippen molar-refractivity contribution in [1.29, 1.82) is 0 Å². The Bertz CT molecular complexity index is 1170. The van der Waals surface area contributed by atoms with Gasteiger partial charge in [0.25, 0.3) is 0 Å². The van der Waals surface area contributed by atoms with E-state index < -0.39 is 6.10 Å². The maximum absolute atomic E-state index is 12.9. The Labute approximate surface area is 416 Å². The van der Waals surface area contributed by atoms with Crippen molar-refractivity contribution in [3.05, 3.63) is 48.6 Å². The molecule has 0 N–H and O–H groups in total. The van der Waals surface area contributed by atoms with Gasteiger partial charge in [-0.25, -0.2) is 0 Å². The third-order valence-corrected chi connectivity index (χ3v) is 12.9. The Morgan fingerprint density at radius 1 is 0.313 bits per heavy atom. The summed E-state index contributed by atoms with van der Waals surface area (Å²) in [5.74, 6) is -0.882. The third-order valence-electron chi connectivity index (χ3n) is 12.9. The molecular weight excluding hydrogens is 829 g/mol. The number of rotatable bonds is 53. The molecule has 0 fully saturated rings. The number of ether oxygens (including phenoxy) is 3. The van der Waals surface area contributed by atoms with E-state index in [0.29, 0.717) is 19.3 Å². The first-order valence-electron chi connectivity index (χ1n) is 29.2. The molecule has 0 aromatic rings. The standard InChI is InChI=1S/C61H110O6/c1-4-7-10-13-16-19-22-25-28-30-31-34-36-39-42-45-48-51-54-60(63)66-57-58(56-65-59(62)53-50-47-44-41-38-35-32-27-24-21-18-15-12-9-6-3)67-61(64)55-52-49-46-43-40-37-33-29-26-23-20-17-14-11-8-5-2/h9,12,15,18,21,24,29,33,58H,4-8,10-11,13-14,16-17,19-20,22-23,25-28,30-32,34-57H2,1-3H3/b12-9-,18-15-,24-21-,33-29-. The fourth-order valence-electron chi connectivity index (χ4n) is 8.50. The van der Waals surface area contributed by atoms with Crippen molar-refractivity contribution in [2.24, 2.45) is 0 Å². The molecule has 0 aliphatic heterocycles. The second-order valence-electron chi connectivity index (χ2n) is 19.6. The minimum Gasteiger partial charge on any atom is -0.462 e. The summed E-state index contributed by atoms with van der Waals surface area (Å²) < 4.78 is 16.9. The van der Waals surface area contributed by atoms with E-state index in [1.807, 2.05) is 0 Å². The smallest absolute Gasteiger partial charge is 0.306 e. The molecule has 0 bridgehead atoms. The average molecular weight is 940 g/mol. The van der Waals surface area contributed by atoms with Gasteiger partial charge in [-0.3, -0.25) is 14.4 Å². The average Bonchev–Trinajstić information content (AvgIpc) is 3.33. The number of carbonyl (C=O) groups is 3. The number of hydrogen-bond donors (Lipinski definition) is 0. The summed E-state index contributed by atoms with van der Waals surface area (Å²) in [6.45, 7) is 6.53. The second-order valence-corrected chi connectivity index (χ2v) is 19.6. The van der Waals surface area contributed by atoms with E-state index in [2.05, 4.69) is 69.4 Å². The van der Waals surface area contributed by atoms with Gasteiger partial charge in [-0.05, 0) is 64.2 Å². The van der Waals surface area contributed by atoms with Crippen molar-refractivity contribution in [3.63, 3.8) is 0 Å². The van der Waals surface area contributed by atoms with E-state index >= 15 is 0 Å². The molecule has 0 amide bonds. The first kappa shape index (κ1) is 64.4. The fourth-order valence-corrected chi connectivity index (χ4v) is 8.50. The van der Waals surface area contributed by atoms with Gasteiger partial charge in [-0.2, -0.15) is 0 Å². The number of hydrogen-bond acceptors (Lipinski definition) is 6. The summed E-state index contributed by atoms with van der Waals surface area (Å²) >= 11 is 0. The first-order chi connectivity index (χ1) is 33.0. The molecule has 0 aromatic heterocycles. The van der Waals surface area contributed by atoms with Crippen LogP contribution >= 0.6 is 0 Å². The van der Waals surface area contributed by atoms with Crippen molar-refractivity contribution in [3.8, 4) is 0 Å². The quantitative estimate of drug-likeness (QED) is 0.0199. The number of carbonyl (C=O) groups excluding carboxylic acids is 3. The Kier molecular flexibility index (Phi) is 53.8. The number of unbranched alkanes of at least 4 members (excludes halogenated alkanes) is 36. The molecule has 0 spiro atoms. The van der Waals surface area contributed by atoms with Crippen LogP contribution in [0.15, 0.2) is 48.6 Å². The predicted molar refractivity (Wildman–Crippen MR) is 289 cm³/mol. The predicted octanol–water partition coefficient (Wildman–Crippen LogP) is 19.4. The summed E-state index contributed by atoms with van der Waals surface area (Å²) in [6, 6.07) is 0. The number of allylic oxidation sites excluding steroid dienone is 8. The van der Waals surface area contributed by atoms with Crippen LogP contribution in [0.25, 0.3) is 0 Å². The SMILES string of the molecule is CC\C=C/C=C\C=C/CCCCCCCCCC(=O)OCC(COC(=O)CCCCCCCCCCCCCCCCCCCC)OC(=O)CCCCCCC/C=C\CCCCCCCCC. The Hall–Kier alpha value is -2.63. The zero-order valence-corrected chi connectivity index (χ0v) is 44.7. The van der Waals surface area contributed by atoms with Gasteiger partial charge in [0.1, 0.15) is 13.2 Å². The molecule has 0 saturated heterocycles. The second kappa shape index (κ2) is 56.0. The molecule has 0 rings (SSSR count). The van der Waals surface area contributed by atoms with Crippen LogP contribution in [0.2, 0.25) is 0 Å². The van der Waals surface area contributed by atoms with Crippen LogP contribution in [-0.4, -0.2) is 37.2 Å². The monoisotopic (exact) mass is 939 g/mol. The van der Waals surface area contributed by atoms with Crippen molar-refractivity contribution in [2.75, 3.05) is 13.2 Å². The molecule has 0 aliphatic carbocycles. The van der Waals surface area contributed by atoms with Gasteiger partial charge in [0.2, 0.25) is 0 Å². The minimum atomic E-state index is -0.780. The molecule has 0 radical (unpaired) electrons. The maximum atomic E-state index is 12.9. The van der Waals surface area contributed by atoms with Crippen LogP contribution in [0.1, 0.15) is 303 Å². The third kappa shape index (κ3) is 54.2. The number of esters is 3. The molecule has 6 heteroatoms. The van der Waals surface area contributed by atoms with E-state index in [1.165, 1.54) is 186 Å². The van der Waals surface area contributed by atoms with Crippen molar-refractivity contribution in [2.45, 2.75) is 309 Å². The summed E-state index contributed by atoms with van der Waals surface area (Å²) in [5.41, 5.74) is 0. The molecule has 0 heterocycles. The van der Waals surface area contributed by atoms with Crippen LogP contribution in [0.3, 0.4) is 0 Å². The van der Waals surface area contributed by atoms with Gasteiger partial charge in [0.15, 0.2) is 6.10 Å². The maximum Gasteiger partial charge on any atom is 0.306 e. The Balaban J connectivity index is 4.36. The summed E-state index contributed by atoms with van der Waals surface area (Å²) in [7, 11) is 0. The highest BCUT2D eigenvalue weighted by Gasteiger charge is 2.19. The van der Waals surface area contributed by atoms with Crippen molar-refractivity contribution < 1.29 is 28.6 Å². The summed E-state index contributed by atoms with van der Waals surface area (Å²) in [6.07, 6.45) is 68.1. The lowest BCUT2D eigenvalue weighted by atomic mass is 10.0. The lowest BCUT2D eigenvalue weighted by molar-refractivity contribution is -0.167. The van der Waals surface area contributed by atoms with Crippen LogP contribution in [-0.2, 0) is 28.6 Å². The van der Waals surface area contributed by atoms with E-state index in [-0.39, 0.29) is 31.1 Å². The molecule has 390 valence electrons. The van der Waals surface area contributed by atoms with Gasteiger partial charge in [-0.15, -0.1) is 0 Å². The molecule has 6 nitrogen and oxygen atoms in total. The lowest BCUT2D eigenvalue weighted by Crippen LogP contribution is -2.30. The highest BCUT2D eigenvalue weighted by Crippen LogP contribution is 2.17. The van der Waals surface area contributed by atoms with E-state index in [0.717, 1.165) is 77.0 Å². The molecule has 1 atom stereocenters. The van der Waals surface area contributed by atoms with Crippen LogP contribution < -0.4 is 0 Å². The molecule has 67 heavy (non-hydrogen) atoms. The molecule has 0 saturated carbocycles. The van der Waals surface area contributed by atoms with E-state index in [4.69, 9.17) is 14.2 Å². The highest BCUT2D eigenvalue weighted by atomic mass is 16.6. The highest BCUT2D eigenvalue weighted by molar-refractivity contribution is 5.71. The normalized spacial score (nSPS) is 12.3. The van der Waals surface area contributed by atoms with Gasteiger partial charge in [-0.1, -0.05) is 268 Å². The molecule has 0 aliphatic rings. The Morgan fingerprint density at radius 3 is 0.940 bits per heavy atom. The lowest BCUT2D eigenvalue weighted by Gasteiger charge is -2.18. The zero-order valence-electron chi connectivity index (χ0n) is 44.7. The van der Waals surface area contributed by atoms with Crippen molar-refractivity contribution in [1.82, 2.24) is 0 Å². The van der Waals surface area contributed by atoms with E-state index in [9.17, 15) is 14.4 Å². The minimum absolute atomic E-state index is 0.0772. The van der Waals surface area contributed by atoms with Gasteiger partial charge in [0, 0.05) is 19.3 Å². The first-order valence-corrected chi connectivity index (χ1v) is 29.2. The summed E-state index contributed by atoms with van der Waals surface area (Å²) in [5, 5.41) is 0. The largest absolute Gasteiger partial charge is 0.462 e. The fraction of sp³-hybridized carbons (Fsp3) is 0.820. The molecule has 0 aromatic carbocycles. The van der Waals surface area contributed by atoms with Crippen molar-refractivity contribution >= 4 is 17.9 Å². The van der Waals surface area contributed by atoms with Crippen LogP contribution in [0, 0.1) is 0 Å². The van der Waals surface area contributed by atoms with Crippen LogP contribution in [0.4, 0.5) is 0 Å². The zero-order chi connectivity index (χ0) is 48.6. The molecular formula is C61H110O6.